The Bertz CT molecular complexity index is 930. The Kier molecular flexibility index (Phi) is 3.51. The molecule has 0 aliphatic rings. The smallest absolute Gasteiger partial charge is 0.330 e. The molecule has 23 heavy (non-hydrogen) atoms. The Balaban J connectivity index is 1.87. The van der Waals surface area contributed by atoms with E-state index >= 15 is 0 Å². The van der Waals surface area contributed by atoms with Gasteiger partial charge >= 0.3 is 11.6 Å². The van der Waals surface area contributed by atoms with Gasteiger partial charge in [0.05, 0.1) is 4.92 Å². The van der Waals surface area contributed by atoms with Crippen LogP contribution in [0.1, 0.15) is 10.4 Å². The summed E-state index contributed by atoms with van der Waals surface area (Å²) in [4.78, 5) is 26.3. The molecular formula is C14H9N5O4. The fourth-order valence-corrected chi connectivity index (χ4v) is 1.98. The van der Waals surface area contributed by atoms with Crippen LogP contribution in [0, 0.1) is 15.3 Å². The number of carbonyl (C=O) groups excluding carboxylic acids is 1. The van der Waals surface area contributed by atoms with E-state index in [0.717, 1.165) is 4.68 Å². The maximum absolute atomic E-state index is 12.1. The number of fused-ring (bicyclic) bond motifs is 1. The van der Waals surface area contributed by atoms with Crippen LogP contribution in [0.2, 0.25) is 0 Å². The lowest BCUT2D eigenvalue weighted by Crippen LogP contribution is -2.31. The molecule has 0 amide bonds. The average molecular weight is 311 g/mol. The molecule has 0 radical (unpaired) electrons. The summed E-state index contributed by atoms with van der Waals surface area (Å²) >= 11 is 0. The number of rotatable bonds is 3. The fraction of sp³-hybridized carbons (Fsp3) is 0. The summed E-state index contributed by atoms with van der Waals surface area (Å²) < 4.78 is 0.942. The molecule has 0 N–H and O–H groups in total. The van der Waals surface area contributed by atoms with Crippen molar-refractivity contribution >= 4 is 28.8 Å². The molecule has 0 aliphatic carbocycles. The van der Waals surface area contributed by atoms with Gasteiger partial charge in [0.25, 0.3) is 5.69 Å². The van der Waals surface area contributed by atoms with Gasteiger partial charge < -0.3 is 5.21 Å². The second-order valence-corrected chi connectivity index (χ2v) is 4.54. The van der Waals surface area contributed by atoms with E-state index < -0.39 is 10.8 Å². The first kappa shape index (κ1) is 14.3. The summed E-state index contributed by atoms with van der Waals surface area (Å²) in [5, 5.41) is 25.7. The molecule has 0 fully saturated rings. The maximum atomic E-state index is 12.1. The van der Waals surface area contributed by atoms with E-state index in [-0.39, 0.29) is 16.2 Å². The molecule has 0 atom stereocenters. The van der Waals surface area contributed by atoms with E-state index in [9.17, 15) is 20.1 Å². The zero-order valence-corrected chi connectivity index (χ0v) is 11.6. The molecule has 0 unspecified atom stereocenters. The highest BCUT2D eigenvalue weighted by molar-refractivity contribution is 5.97. The van der Waals surface area contributed by atoms with E-state index in [0.29, 0.717) is 11.1 Å². The highest BCUT2D eigenvalue weighted by Gasteiger charge is 2.18. The van der Waals surface area contributed by atoms with Crippen molar-refractivity contribution in [2.45, 2.75) is 0 Å². The molecule has 0 bridgehead atoms. The van der Waals surface area contributed by atoms with Crippen molar-refractivity contribution in [3.63, 3.8) is 0 Å². The van der Waals surface area contributed by atoms with Crippen LogP contribution in [-0.2, 0) is 0 Å². The molecule has 0 spiro atoms. The molecule has 2 aromatic heterocycles. The lowest BCUT2D eigenvalue weighted by atomic mass is 10.2. The highest BCUT2D eigenvalue weighted by atomic mass is 16.6. The lowest BCUT2D eigenvalue weighted by molar-refractivity contribution is -0.647. The zero-order valence-electron chi connectivity index (χ0n) is 11.6. The van der Waals surface area contributed by atoms with Crippen LogP contribution in [0.15, 0.2) is 48.7 Å². The lowest BCUT2D eigenvalue weighted by Gasteiger charge is -1.93. The van der Waals surface area contributed by atoms with Crippen molar-refractivity contribution in [2.75, 3.05) is 0 Å². The maximum Gasteiger partial charge on any atom is 0.330 e. The number of allylic oxidation sites excluding steroid dienone is 1. The van der Waals surface area contributed by atoms with Gasteiger partial charge in [-0.05, 0) is 35.9 Å². The van der Waals surface area contributed by atoms with Crippen LogP contribution in [0.5, 0.6) is 0 Å². The van der Waals surface area contributed by atoms with Crippen molar-refractivity contribution < 1.29 is 14.6 Å². The van der Waals surface area contributed by atoms with Crippen molar-refractivity contribution in [2.24, 2.45) is 0 Å². The van der Waals surface area contributed by atoms with Gasteiger partial charge in [0.1, 0.15) is 6.20 Å². The predicted octanol–water partition coefficient (Wildman–Crippen LogP) is 1.33. The van der Waals surface area contributed by atoms with Gasteiger partial charge in [-0.3, -0.25) is 10.1 Å². The van der Waals surface area contributed by atoms with Crippen LogP contribution in [0.3, 0.4) is 0 Å². The number of nitrogens with zero attached hydrogens (tertiary/aromatic N) is 5. The largest absolute Gasteiger partial charge is 0.721 e. The van der Waals surface area contributed by atoms with Crippen LogP contribution in [0.4, 0.5) is 5.69 Å². The van der Waals surface area contributed by atoms with E-state index in [4.69, 9.17) is 0 Å². The Hall–Kier alpha value is -3.62. The standard InChI is InChI=1S/C14H9N5O4/c20-13(8-5-10-3-6-11(7-4-10)19(22)23)17-12-2-1-9-15-14(12)18(21)16-17/h1-9H/b8-5+. The Morgan fingerprint density at radius 2 is 2.00 bits per heavy atom. The molecule has 0 saturated heterocycles. The molecule has 1 aromatic carbocycles. The summed E-state index contributed by atoms with van der Waals surface area (Å²) in [6.45, 7) is 0. The number of carbonyl (C=O) groups is 1. The number of benzene rings is 1. The first-order valence-electron chi connectivity index (χ1n) is 6.47. The molecule has 9 nitrogen and oxygen atoms in total. The van der Waals surface area contributed by atoms with Gasteiger partial charge in [-0.25, -0.2) is 4.79 Å². The second kappa shape index (κ2) is 5.64. The minimum absolute atomic E-state index is 0.0370. The van der Waals surface area contributed by atoms with Crippen molar-refractivity contribution in [3.05, 3.63) is 69.6 Å². The topological polar surface area (TPSA) is 118 Å². The van der Waals surface area contributed by atoms with Crippen molar-refractivity contribution in [3.8, 4) is 0 Å². The summed E-state index contributed by atoms with van der Waals surface area (Å²) in [5.74, 6) is -0.532. The van der Waals surface area contributed by atoms with Gasteiger partial charge in [0.15, 0.2) is 0 Å². The van der Waals surface area contributed by atoms with Crippen molar-refractivity contribution in [1.82, 2.24) is 14.9 Å². The van der Waals surface area contributed by atoms with Gasteiger partial charge in [-0.15, -0.1) is 9.83 Å². The molecule has 3 aromatic rings. The minimum atomic E-state index is -0.532. The summed E-state index contributed by atoms with van der Waals surface area (Å²) in [7, 11) is 0. The number of nitro benzene ring substituents is 1. The molecule has 9 heteroatoms. The van der Waals surface area contributed by atoms with Crippen LogP contribution in [-0.4, -0.2) is 25.7 Å². The third-order valence-corrected chi connectivity index (χ3v) is 3.08. The zero-order chi connectivity index (χ0) is 16.4. The Morgan fingerprint density at radius 3 is 2.70 bits per heavy atom. The molecule has 0 saturated carbocycles. The number of pyridine rings is 1. The van der Waals surface area contributed by atoms with Crippen LogP contribution in [0.25, 0.3) is 17.2 Å². The first-order valence-corrected chi connectivity index (χ1v) is 6.47. The predicted molar refractivity (Wildman–Crippen MR) is 79.2 cm³/mol. The highest BCUT2D eigenvalue weighted by Crippen LogP contribution is 2.13. The van der Waals surface area contributed by atoms with E-state index in [2.05, 4.69) is 10.2 Å². The average Bonchev–Trinajstić information content (AvgIpc) is 2.90. The third-order valence-electron chi connectivity index (χ3n) is 3.08. The van der Waals surface area contributed by atoms with Gasteiger partial charge in [0.2, 0.25) is 5.52 Å². The molecule has 2 heterocycles. The summed E-state index contributed by atoms with van der Waals surface area (Å²) in [6.07, 6.45) is 4.13. The third kappa shape index (κ3) is 2.75. The second-order valence-electron chi connectivity index (χ2n) is 4.54. The van der Waals surface area contributed by atoms with E-state index in [1.54, 1.807) is 12.1 Å². The number of nitro groups is 1. The fourth-order valence-electron chi connectivity index (χ4n) is 1.98. The van der Waals surface area contributed by atoms with Crippen LogP contribution >= 0.6 is 0 Å². The Labute approximate surface area is 128 Å². The monoisotopic (exact) mass is 311 g/mol. The number of hydrogen-bond donors (Lipinski definition) is 0. The van der Waals surface area contributed by atoms with E-state index in [1.165, 1.54) is 42.6 Å². The number of hydrogen-bond acceptors (Lipinski definition) is 6. The quantitative estimate of drug-likeness (QED) is 0.237. The number of aromatic nitrogens is 4. The van der Waals surface area contributed by atoms with Crippen LogP contribution < -0.4 is 4.85 Å². The minimum Gasteiger partial charge on any atom is -0.721 e. The molecular weight excluding hydrogens is 302 g/mol. The summed E-state index contributed by atoms with van der Waals surface area (Å²) in [6, 6.07) is 8.85. The first-order chi connectivity index (χ1) is 11.1. The SMILES string of the molecule is O=C(/C=C/c1ccc([N+](=O)[O-])cc1)n1n[n+]([O-])c2ncccc21. The summed E-state index contributed by atoms with van der Waals surface area (Å²) in [5.41, 5.74) is 0.906. The van der Waals surface area contributed by atoms with Gasteiger partial charge in [-0.2, -0.15) is 0 Å². The normalized spacial score (nSPS) is 11.1. The molecule has 0 aliphatic heterocycles. The van der Waals surface area contributed by atoms with Gasteiger partial charge in [0, 0.05) is 23.4 Å². The molecule has 114 valence electrons. The van der Waals surface area contributed by atoms with Crippen molar-refractivity contribution in [1.29, 1.82) is 0 Å². The van der Waals surface area contributed by atoms with Gasteiger partial charge in [-0.1, -0.05) is 4.68 Å². The van der Waals surface area contributed by atoms with E-state index in [1.807, 2.05) is 0 Å². The Morgan fingerprint density at radius 1 is 1.26 bits per heavy atom. The molecule has 3 rings (SSSR count). The number of non-ortho nitro benzene ring substituents is 1.